The maximum Gasteiger partial charge on any atom is 0.187 e. The van der Waals surface area contributed by atoms with Gasteiger partial charge in [0.15, 0.2) is 6.29 Å². The first kappa shape index (κ1) is 20.6. The quantitative estimate of drug-likeness (QED) is 0.202. The third-order valence-corrected chi connectivity index (χ3v) is 3.77. The Morgan fingerprint density at radius 3 is 2.09 bits per heavy atom. The number of aliphatic hydroxyl groups is 7. The van der Waals surface area contributed by atoms with Crippen LogP contribution in [0.2, 0.25) is 0 Å². The predicted molar refractivity (Wildman–Crippen MR) is 74.8 cm³/mol. The van der Waals surface area contributed by atoms with Crippen LogP contribution in [0.15, 0.2) is 0 Å². The molecular formula is C12H26N2O9. The van der Waals surface area contributed by atoms with Crippen LogP contribution in [0.25, 0.3) is 0 Å². The molecule has 0 aromatic rings. The average Bonchev–Trinajstić information content (AvgIpc) is 2.57. The molecule has 0 unspecified atom stereocenters. The first-order chi connectivity index (χ1) is 10.8. The van der Waals surface area contributed by atoms with Crippen LogP contribution >= 0.6 is 0 Å². The topological polar surface area (TPSA) is 212 Å². The fourth-order valence-electron chi connectivity index (χ4n) is 2.25. The minimum atomic E-state index is -1.70. The Balaban J connectivity index is 2.89. The number of nitrogens with two attached hydrogens (primary N) is 2. The molecule has 1 aliphatic rings. The SMILES string of the molecule is NC[C@H](O)[C@H](O[C@H]1O[C@H](CO)[C@@H](O)[C@@H](O)[C@@H]1O)[C@H](N)[C@H](O)CO. The summed E-state index contributed by atoms with van der Waals surface area (Å²) in [5.74, 6) is 0. The summed E-state index contributed by atoms with van der Waals surface area (Å²) < 4.78 is 10.4. The number of rotatable bonds is 8. The van der Waals surface area contributed by atoms with Crippen molar-refractivity contribution in [3.63, 3.8) is 0 Å². The third-order valence-electron chi connectivity index (χ3n) is 3.77. The van der Waals surface area contributed by atoms with Crippen molar-refractivity contribution in [1.29, 1.82) is 0 Å². The molecule has 138 valence electrons. The van der Waals surface area contributed by atoms with Gasteiger partial charge in [-0.05, 0) is 0 Å². The van der Waals surface area contributed by atoms with Gasteiger partial charge in [-0.3, -0.25) is 0 Å². The van der Waals surface area contributed by atoms with Crippen molar-refractivity contribution in [3.05, 3.63) is 0 Å². The highest BCUT2D eigenvalue weighted by molar-refractivity contribution is 4.92. The lowest BCUT2D eigenvalue weighted by molar-refractivity contribution is -0.319. The van der Waals surface area contributed by atoms with Gasteiger partial charge in [0, 0.05) is 6.54 Å². The molecular weight excluding hydrogens is 316 g/mol. The monoisotopic (exact) mass is 342 g/mol. The van der Waals surface area contributed by atoms with Gasteiger partial charge in [0.25, 0.3) is 0 Å². The van der Waals surface area contributed by atoms with Crippen LogP contribution in [0.1, 0.15) is 0 Å². The number of aliphatic hydroxyl groups excluding tert-OH is 7. The summed E-state index contributed by atoms with van der Waals surface area (Å²) in [6.45, 7) is -1.65. The fraction of sp³-hybridized carbons (Fsp3) is 1.00. The Morgan fingerprint density at radius 2 is 1.61 bits per heavy atom. The molecule has 11 N–H and O–H groups in total. The van der Waals surface area contributed by atoms with Gasteiger partial charge in [-0.2, -0.15) is 0 Å². The van der Waals surface area contributed by atoms with Gasteiger partial charge < -0.3 is 56.7 Å². The van der Waals surface area contributed by atoms with E-state index in [4.69, 9.17) is 31.2 Å². The second-order valence-corrected chi connectivity index (χ2v) is 5.43. The summed E-state index contributed by atoms with van der Waals surface area (Å²) >= 11 is 0. The molecule has 1 fully saturated rings. The number of ether oxygens (including phenoxy) is 2. The van der Waals surface area contributed by atoms with Gasteiger partial charge in [-0.1, -0.05) is 0 Å². The molecule has 0 radical (unpaired) electrons. The summed E-state index contributed by atoms with van der Waals surface area (Å²) in [6.07, 6.45) is -11.8. The van der Waals surface area contributed by atoms with Crippen LogP contribution in [0.4, 0.5) is 0 Å². The Kier molecular flexibility index (Phi) is 8.20. The molecule has 1 saturated heterocycles. The number of hydrogen-bond acceptors (Lipinski definition) is 11. The van der Waals surface area contributed by atoms with E-state index in [1.165, 1.54) is 0 Å². The summed E-state index contributed by atoms with van der Waals surface area (Å²) in [4.78, 5) is 0. The van der Waals surface area contributed by atoms with Gasteiger partial charge in [-0.25, -0.2) is 0 Å². The highest BCUT2D eigenvalue weighted by atomic mass is 16.7. The Labute approximate surface area is 132 Å². The smallest absolute Gasteiger partial charge is 0.187 e. The maximum absolute atomic E-state index is 9.89. The molecule has 1 rings (SSSR count). The molecule has 11 nitrogen and oxygen atoms in total. The molecule has 0 saturated carbocycles. The normalized spacial score (nSPS) is 37.2. The molecule has 1 heterocycles. The van der Waals surface area contributed by atoms with Crippen LogP contribution in [-0.4, -0.2) is 111 Å². The van der Waals surface area contributed by atoms with Crippen molar-refractivity contribution in [1.82, 2.24) is 0 Å². The lowest BCUT2D eigenvalue weighted by Crippen LogP contribution is -2.62. The van der Waals surface area contributed by atoms with E-state index in [0.717, 1.165) is 0 Å². The lowest BCUT2D eigenvalue weighted by atomic mass is 9.98. The fourth-order valence-corrected chi connectivity index (χ4v) is 2.25. The van der Waals surface area contributed by atoms with Crippen molar-refractivity contribution in [3.8, 4) is 0 Å². The molecule has 1 aliphatic heterocycles. The largest absolute Gasteiger partial charge is 0.394 e. The standard InChI is InChI=1S/C12H26N2O9/c13-1-4(17)11(7(14)5(18)2-15)23-12-10(21)9(20)8(19)6(3-16)22-12/h4-12,15-21H,1-3,13-14H2/t4-,5+,6+,7+,8+,9+,10-,11-,12+/m0/s1. The van der Waals surface area contributed by atoms with E-state index in [2.05, 4.69) is 0 Å². The molecule has 0 aromatic carbocycles. The second-order valence-electron chi connectivity index (χ2n) is 5.43. The Morgan fingerprint density at radius 1 is 1.00 bits per heavy atom. The van der Waals surface area contributed by atoms with E-state index < -0.39 is 68.3 Å². The molecule has 9 atom stereocenters. The zero-order valence-electron chi connectivity index (χ0n) is 12.4. The number of hydrogen-bond donors (Lipinski definition) is 9. The molecule has 0 aliphatic carbocycles. The third kappa shape index (κ3) is 4.78. The minimum Gasteiger partial charge on any atom is -0.394 e. The first-order valence-corrected chi connectivity index (χ1v) is 7.17. The van der Waals surface area contributed by atoms with Crippen molar-refractivity contribution < 1.29 is 45.2 Å². The summed E-state index contributed by atoms with van der Waals surface area (Å²) in [5.41, 5.74) is 11.0. The second kappa shape index (κ2) is 9.15. The van der Waals surface area contributed by atoms with E-state index in [9.17, 15) is 25.5 Å². The van der Waals surface area contributed by atoms with Crippen LogP contribution in [0, 0.1) is 0 Å². The average molecular weight is 342 g/mol. The van der Waals surface area contributed by atoms with Crippen molar-refractivity contribution in [2.75, 3.05) is 19.8 Å². The van der Waals surface area contributed by atoms with Crippen LogP contribution in [-0.2, 0) is 9.47 Å². The molecule has 0 aromatic heterocycles. The van der Waals surface area contributed by atoms with Gasteiger partial charge in [0.05, 0.1) is 31.5 Å². The van der Waals surface area contributed by atoms with E-state index in [-0.39, 0.29) is 6.54 Å². The van der Waals surface area contributed by atoms with Crippen molar-refractivity contribution >= 4 is 0 Å². The minimum absolute atomic E-state index is 0.298. The van der Waals surface area contributed by atoms with E-state index in [1.807, 2.05) is 0 Å². The van der Waals surface area contributed by atoms with Gasteiger partial charge in [-0.15, -0.1) is 0 Å². The van der Waals surface area contributed by atoms with Gasteiger partial charge >= 0.3 is 0 Å². The highest BCUT2D eigenvalue weighted by Crippen LogP contribution is 2.24. The summed E-state index contributed by atoms with van der Waals surface area (Å²) in [7, 11) is 0. The summed E-state index contributed by atoms with van der Waals surface area (Å²) in [6, 6.07) is -1.27. The zero-order chi connectivity index (χ0) is 17.7. The van der Waals surface area contributed by atoms with Crippen LogP contribution in [0.3, 0.4) is 0 Å². The molecule has 11 heteroatoms. The predicted octanol–water partition coefficient (Wildman–Crippen LogP) is -5.83. The molecule has 0 bridgehead atoms. The van der Waals surface area contributed by atoms with E-state index in [0.29, 0.717) is 0 Å². The van der Waals surface area contributed by atoms with Crippen molar-refractivity contribution in [2.24, 2.45) is 11.5 Å². The molecule has 0 amide bonds. The highest BCUT2D eigenvalue weighted by Gasteiger charge is 2.46. The lowest BCUT2D eigenvalue weighted by Gasteiger charge is -2.42. The first-order valence-electron chi connectivity index (χ1n) is 7.17. The van der Waals surface area contributed by atoms with Crippen LogP contribution in [0.5, 0.6) is 0 Å². The van der Waals surface area contributed by atoms with E-state index >= 15 is 0 Å². The molecule has 23 heavy (non-hydrogen) atoms. The zero-order valence-corrected chi connectivity index (χ0v) is 12.4. The van der Waals surface area contributed by atoms with Crippen molar-refractivity contribution in [2.45, 2.75) is 55.1 Å². The maximum atomic E-state index is 9.89. The van der Waals surface area contributed by atoms with Crippen LogP contribution < -0.4 is 11.5 Å². The summed E-state index contributed by atoms with van der Waals surface area (Å²) in [5, 5.41) is 66.8. The Bertz CT molecular complexity index is 348. The van der Waals surface area contributed by atoms with E-state index in [1.54, 1.807) is 0 Å². The van der Waals surface area contributed by atoms with Gasteiger partial charge in [0.2, 0.25) is 0 Å². The molecule has 0 spiro atoms. The Hall–Kier alpha value is -0.440. The van der Waals surface area contributed by atoms with Gasteiger partial charge in [0.1, 0.15) is 30.5 Å².